The topological polar surface area (TPSA) is 62.3 Å². The lowest BCUT2D eigenvalue weighted by Gasteiger charge is -2.20. The van der Waals surface area contributed by atoms with E-state index in [1.807, 2.05) is 6.92 Å². The molecule has 0 aliphatic heterocycles. The molecule has 98 valence electrons. The Kier molecular flexibility index (Phi) is 5.77. The van der Waals surface area contributed by atoms with Crippen LogP contribution in [0.5, 0.6) is 0 Å². The molecule has 0 fully saturated rings. The maximum absolute atomic E-state index is 12.2. The summed E-state index contributed by atoms with van der Waals surface area (Å²) in [6.07, 6.45) is 0.788. The van der Waals surface area contributed by atoms with Gasteiger partial charge in [0.25, 0.3) is 5.91 Å². The smallest absolute Gasteiger partial charge is 0.272 e. The van der Waals surface area contributed by atoms with Crippen molar-refractivity contribution in [2.45, 2.75) is 13.3 Å². The van der Waals surface area contributed by atoms with Crippen LogP contribution in [0.25, 0.3) is 0 Å². The summed E-state index contributed by atoms with van der Waals surface area (Å²) in [5.41, 5.74) is 0.335. The summed E-state index contributed by atoms with van der Waals surface area (Å²) in [6.45, 7) is 2.54. The molecule has 0 spiro atoms. The van der Waals surface area contributed by atoms with Crippen LogP contribution >= 0.6 is 15.9 Å². The molecule has 1 N–H and O–H groups in total. The highest BCUT2D eigenvalue weighted by Crippen LogP contribution is 2.09. The Morgan fingerprint density at radius 1 is 1.44 bits per heavy atom. The second-order valence-electron chi connectivity index (χ2n) is 3.75. The largest absolute Gasteiger partial charge is 0.358 e. The molecule has 0 atom stereocenters. The van der Waals surface area contributed by atoms with Gasteiger partial charge in [0, 0.05) is 13.6 Å². The summed E-state index contributed by atoms with van der Waals surface area (Å²) >= 11 is 3.22. The number of nitrogens with zero attached hydrogens (tertiary/aromatic N) is 2. The van der Waals surface area contributed by atoms with E-state index >= 15 is 0 Å². The van der Waals surface area contributed by atoms with Crippen LogP contribution < -0.4 is 5.32 Å². The third-order valence-electron chi connectivity index (χ3n) is 2.33. The van der Waals surface area contributed by atoms with Crippen LogP contribution in [0.2, 0.25) is 0 Å². The van der Waals surface area contributed by atoms with E-state index in [4.69, 9.17) is 0 Å². The molecule has 2 amide bonds. The van der Waals surface area contributed by atoms with Gasteiger partial charge in [0.2, 0.25) is 5.91 Å². The lowest BCUT2D eigenvalue weighted by Crippen LogP contribution is -2.40. The van der Waals surface area contributed by atoms with Gasteiger partial charge in [-0.15, -0.1) is 0 Å². The first kappa shape index (κ1) is 14.6. The second-order valence-corrected chi connectivity index (χ2v) is 4.56. The van der Waals surface area contributed by atoms with E-state index < -0.39 is 0 Å². The zero-order chi connectivity index (χ0) is 13.5. The lowest BCUT2D eigenvalue weighted by molar-refractivity contribution is -0.121. The van der Waals surface area contributed by atoms with Crippen LogP contribution in [0.4, 0.5) is 0 Å². The first-order valence-electron chi connectivity index (χ1n) is 5.71. The van der Waals surface area contributed by atoms with Crippen molar-refractivity contribution in [1.82, 2.24) is 15.2 Å². The number of hydrogen-bond acceptors (Lipinski definition) is 3. The third-order valence-corrected chi connectivity index (χ3v) is 2.77. The molecule has 0 aliphatic rings. The Hall–Kier alpha value is -1.43. The molecule has 0 bridgehead atoms. The Bertz CT molecular complexity index is 437. The highest BCUT2D eigenvalue weighted by Gasteiger charge is 2.18. The van der Waals surface area contributed by atoms with Gasteiger partial charge in [-0.05, 0) is 34.5 Å². The molecule has 0 saturated carbocycles. The van der Waals surface area contributed by atoms with Crippen LogP contribution in [0.3, 0.4) is 0 Å². The molecule has 1 aromatic rings. The van der Waals surface area contributed by atoms with Crippen LogP contribution in [0.15, 0.2) is 22.8 Å². The number of carbonyl (C=O) groups excluding carboxylic acids is 2. The summed E-state index contributed by atoms with van der Waals surface area (Å²) < 4.78 is 0.602. The molecule has 5 nitrogen and oxygen atoms in total. The number of hydrogen-bond donors (Lipinski definition) is 1. The quantitative estimate of drug-likeness (QED) is 0.837. The first-order valence-corrected chi connectivity index (χ1v) is 6.50. The third kappa shape index (κ3) is 4.10. The van der Waals surface area contributed by atoms with E-state index in [1.54, 1.807) is 25.2 Å². The van der Waals surface area contributed by atoms with Crippen molar-refractivity contribution in [3.05, 3.63) is 28.5 Å². The van der Waals surface area contributed by atoms with Crippen LogP contribution in [0.1, 0.15) is 23.8 Å². The van der Waals surface area contributed by atoms with Gasteiger partial charge in [-0.1, -0.05) is 13.0 Å². The minimum Gasteiger partial charge on any atom is -0.358 e. The van der Waals surface area contributed by atoms with E-state index in [0.717, 1.165) is 6.42 Å². The molecule has 18 heavy (non-hydrogen) atoms. The van der Waals surface area contributed by atoms with E-state index in [-0.39, 0.29) is 18.4 Å². The van der Waals surface area contributed by atoms with Crippen molar-refractivity contribution in [2.75, 3.05) is 20.1 Å². The van der Waals surface area contributed by atoms with Gasteiger partial charge in [0.1, 0.15) is 10.3 Å². The lowest BCUT2D eigenvalue weighted by atomic mass is 10.3. The fourth-order valence-corrected chi connectivity index (χ4v) is 1.81. The first-order chi connectivity index (χ1) is 8.58. The average molecular weight is 314 g/mol. The number of amides is 2. The van der Waals surface area contributed by atoms with E-state index in [0.29, 0.717) is 16.8 Å². The van der Waals surface area contributed by atoms with Crippen LogP contribution in [-0.2, 0) is 4.79 Å². The summed E-state index contributed by atoms with van der Waals surface area (Å²) in [5, 5.41) is 2.51. The fraction of sp³-hybridized carbons (Fsp3) is 0.417. The predicted molar refractivity (Wildman–Crippen MR) is 72.2 cm³/mol. The van der Waals surface area contributed by atoms with Crippen molar-refractivity contribution in [2.24, 2.45) is 0 Å². The van der Waals surface area contributed by atoms with Gasteiger partial charge in [0.05, 0.1) is 6.54 Å². The zero-order valence-electron chi connectivity index (χ0n) is 10.4. The standard InChI is InChI=1S/C12H16BrN3O2/c1-3-7-16(8-11(17)14-2)12(18)9-5-4-6-10(13)15-9/h4-6H,3,7-8H2,1-2H3,(H,14,17). The summed E-state index contributed by atoms with van der Waals surface area (Å²) in [4.78, 5) is 29.2. The van der Waals surface area contributed by atoms with Crippen molar-refractivity contribution in [3.63, 3.8) is 0 Å². The fourth-order valence-electron chi connectivity index (χ4n) is 1.46. The summed E-state index contributed by atoms with van der Waals surface area (Å²) in [6, 6.07) is 5.13. The van der Waals surface area contributed by atoms with Gasteiger partial charge < -0.3 is 10.2 Å². The van der Waals surface area contributed by atoms with Crippen molar-refractivity contribution in [1.29, 1.82) is 0 Å². The number of rotatable bonds is 5. The van der Waals surface area contributed by atoms with Gasteiger partial charge in [-0.3, -0.25) is 9.59 Å². The second kappa shape index (κ2) is 7.10. The average Bonchev–Trinajstić information content (AvgIpc) is 2.37. The zero-order valence-corrected chi connectivity index (χ0v) is 12.0. The van der Waals surface area contributed by atoms with Crippen molar-refractivity contribution in [3.8, 4) is 0 Å². The molecular formula is C12H16BrN3O2. The van der Waals surface area contributed by atoms with Crippen molar-refractivity contribution >= 4 is 27.7 Å². The number of carbonyl (C=O) groups is 2. The van der Waals surface area contributed by atoms with E-state index in [1.165, 1.54) is 4.90 Å². The molecule has 1 heterocycles. The molecule has 0 aromatic carbocycles. The molecular weight excluding hydrogens is 298 g/mol. The maximum Gasteiger partial charge on any atom is 0.272 e. The summed E-state index contributed by atoms with van der Waals surface area (Å²) in [5.74, 6) is -0.423. The van der Waals surface area contributed by atoms with Gasteiger partial charge in [-0.25, -0.2) is 4.98 Å². The van der Waals surface area contributed by atoms with Crippen LogP contribution in [0, 0.1) is 0 Å². The molecule has 0 aliphatic carbocycles. The minimum absolute atomic E-state index is 0.0529. The molecule has 0 saturated heterocycles. The number of halogens is 1. The van der Waals surface area contributed by atoms with Crippen molar-refractivity contribution < 1.29 is 9.59 Å². The molecule has 1 rings (SSSR count). The highest BCUT2D eigenvalue weighted by molar-refractivity contribution is 9.10. The number of nitrogens with one attached hydrogen (secondary N) is 1. The monoisotopic (exact) mass is 313 g/mol. The highest BCUT2D eigenvalue weighted by atomic mass is 79.9. The van der Waals surface area contributed by atoms with Gasteiger partial charge in [-0.2, -0.15) is 0 Å². The van der Waals surface area contributed by atoms with E-state index in [9.17, 15) is 9.59 Å². The Morgan fingerprint density at radius 2 is 2.17 bits per heavy atom. The molecule has 6 heteroatoms. The minimum atomic E-state index is -0.234. The summed E-state index contributed by atoms with van der Waals surface area (Å²) in [7, 11) is 1.55. The normalized spacial score (nSPS) is 9.94. The molecule has 0 unspecified atom stereocenters. The SMILES string of the molecule is CCCN(CC(=O)NC)C(=O)c1cccc(Br)n1. The number of aromatic nitrogens is 1. The van der Waals surface area contributed by atoms with Gasteiger partial charge >= 0.3 is 0 Å². The Labute approximate surface area is 115 Å². The molecule has 1 aromatic heterocycles. The van der Waals surface area contributed by atoms with Gasteiger partial charge in [0.15, 0.2) is 0 Å². The van der Waals surface area contributed by atoms with Crippen LogP contribution in [-0.4, -0.2) is 41.8 Å². The van der Waals surface area contributed by atoms with E-state index in [2.05, 4.69) is 26.2 Å². The molecule has 0 radical (unpaired) electrons. The maximum atomic E-state index is 12.2. The predicted octanol–water partition coefficient (Wildman–Crippen LogP) is 1.44. The number of likely N-dealkylation sites (N-methyl/N-ethyl adjacent to an activating group) is 1. The number of pyridine rings is 1. The Morgan fingerprint density at radius 3 is 2.72 bits per heavy atom. The Balaban J connectivity index is 2.85.